The van der Waals surface area contributed by atoms with Crippen LogP contribution >= 0.6 is 0 Å². The van der Waals surface area contributed by atoms with E-state index in [0.717, 1.165) is 12.1 Å². The molecule has 0 N–H and O–H groups in total. The maximum atomic E-state index is 13.0. The van der Waals surface area contributed by atoms with Gasteiger partial charge in [-0.25, -0.2) is 4.39 Å². The zero-order valence-corrected chi connectivity index (χ0v) is 7.86. The minimum Gasteiger partial charge on any atom is -0.497 e. The first kappa shape index (κ1) is 11.6. The molecular weight excluding hydrogens is 212 g/mol. The van der Waals surface area contributed by atoms with E-state index in [4.69, 9.17) is 0 Å². The number of hydrogen-bond acceptors (Lipinski definition) is 1. The van der Waals surface area contributed by atoms with Crippen molar-refractivity contribution in [3.63, 3.8) is 0 Å². The molecule has 0 spiro atoms. The fraction of sp³-hybridized carbons (Fsp3) is 0.200. The molecule has 1 rings (SSSR count). The lowest BCUT2D eigenvalue weighted by molar-refractivity contribution is -0.140. The minimum absolute atomic E-state index is 0.114. The molecule has 0 saturated carbocycles. The molecule has 1 aromatic carbocycles. The Morgan fingerprint density at radius 1 is 1.33 bits per heavy atom. The first-order chi connectivity index (χ1) is 6.86. The van der Waals surface area contributed by atoms with Crippen LogP contribution in [0.1, 0.15) is 11.1 Å². The van der Waals surface area contributed by atoms with Gasteiger partial charge in [0.05, 0.1) is 12.7 Å². The quantitative estimate of drug-likeness (QED) is 0.547. The van der Waals surface area contributed by atoms with Crippen molar-refractivity contribution < 1.29 is 22.3 Å². The molecular formula is C10H8F4O. The molecule has 0 radical (unpaired) electrons. The second-order valence-corrected chi connectivity index (χ2v) is 2.82. The summed E-state index contributed by atoms with van der Waals surface area (Å²) in [6.07, 6.45) is -4.68. The van der Waals surface area contributed by atoms with Gasteiger partial charge < -0.3 is 4.74 Å². The summed E-state index contributed by atoms with van der Waals surface area (Å²) in [4.78, 5) is 0. The van der Waals surface area contributed by atoms with Crippen LogP contribution in [0.2, 0.25) is 0 Å². The van der Waals surface area contributed by atoms with Gasteiger partial charge in [0.1, 0.15) is 11.6 Å². The smallest absolute Gasteiger partial charge is 0.419 e. The summed E-state index contributed by atoms with van der Waals surface area (Å²) in [5.41, 5.74) is -1.11. The molecule has 15 heavy (non-hydrogen) atoms. The van der Waals surface area contributed by atoms with Gasteiger partial charge in [0.25, 0.3) is 0 Å². The number of benzene rings is 1. The van der Waals surface area contributed by atoms with Gasteiger partial charge in [-0.05, 0) is 12.1 Å². The Labute approximate surface area is 84.0 Å². The van der Waals surface area contributed by atoms with E-state index < -0.39 is 17.6 Å². The van der Waals surface area contributed by atoms with Crippen LogP contribution < -0.4 is 0 Å². The summed E-state index contributed by atoms with van der Waals surface area (Å²) in [5, 5.41) is 0. The molecule has 0 bridgehead atoms. The lowest BCUT2D eigenvalue weighted by Crippen LogP contribution is -2.08. The van der Waals surface area contributed by atoms with Gasteiger partial charge >= 0.3 is 6.18 Å². The Bertz CT molecular complexity index is 381. The molecule has 1 aromatic rings. The van der Waals surface area contributed by atoms with Crippen LogP contribution in [-0.4, -0.2) is 7.11 Å². The molecule has 0 unspecified atom stereocenters. The number of alkyl halides is 3. The topological polar surface area (TPSA) is 9.23 Å². The highest BCUT2D eigenvalue weighted by atomic mass is 19.4. The first-order valence-electron chi connectivity index (χ1n) is 3.96. The number of ether oxygens (including phenoxy) is 1. The summed E-state index contributed by atoms with van der Waals surface area (Å²) in [6, 6.07) is 2.52. The Morgan fingerprint density at radius 2 is 1.93 bits per heavy atom. The summed E-state index contributed by atoms with van der Waals surface area (Å²) in [5.74, 6) is -1.22. The molecule has 0 aliphatic carbocycles. The SMILES string of the molecule is C=C(OC)c1ccc(C(F)(F)F)c(F)c1. The van der Waals surface area contributed by atoms with Crippen molar-refractivity contribution in [2.24, 2.45) is 0 Å². The van der Waals surface area contributed by atoms with Gasteiger partial charge in [0.2, 0.25) is 0 Å². The number of hydrogen-bond donors (Lipinski definition) is 0. The Balaban J connectivity index is 3.15. The molecule has 0 aliphatic heterocycles. The predicted octanol–water partition coefficient (Wildman–Crippen LogP) is 3.46. The lowest BCUT2D eigenvalue weighted by atomic mass is 10.1. The van der Waals surface area contributed by atoms with Crippen molar-refractivity contribution in [2.75, 3.05) is 7.11 Å². The van der Waals surface area contributed by atoms with E-state index in [1.165, 1.54) is 7.11 Å². The maximum Gasteiger partial charge on any atom is 0.419 e. The van der Waals surface area contributed by atoms with Crippen molar-refractivity contribution in [1.29, 1.82) is 0 Å². The molecule has 0 amide bonds. The third-order valence-electron chi connectivity index (χ3n) is 1.84. The van der Waals surface area contributed by atoms with Gasteiger partial charge in [-0.3, -0.25) is 0 Å². The van der Waals surface area contributed by atoms with E-state index in [1.54, 1.807) is 0 Å². The fourth-order valence-electron chi connectivity index (χ4n) is 1.04. The number of methoxy groups -OCH3 is 1. The van der Waals surface area contributed by atoms with Crippen molar-refractivity contribution >= 4 is 5.76 Å². The van der Waals surface area contributed by atoms with Gasteiger partial charge in [-0.15, -0.1) is 0 Å². The standard InChI is InChI=1S/C10H8F4O/c1-6(15-2)7-3-4-8(9(11)5-7)10(12,13)14/h3-5H,1H2,2H3. The second-order valence-electron chi connectivity index (χ2n) is 2.82. The highest BCUT2D eigenvalue weighted by Crippen LogP contribution is 2.32. The first-order valence-corrected chi connectivity index (χ1v) is 3.96. The Kier molecular flexibility index (Phi) is 3.02. The van der Waals surface area contributed by atoms with Gasteiger partial charge in [0.15, 0.2) is 0 Å². The van der Waals surface area contributed by atoms with E-state index in [1.807, 2.05) is 0 Å². The number of halogens is 4. The van der Waals surface area contributed by atoms with Crippen LogP contribution in [-0.2, 0) is 10.9 Å². The Hall–Kier alpha value is -1.52. The van der Waals surface area contributed by atoms with E-state index in [0.29, 0.717) is 6.07 Å². The van der Waals surface area contributed by atoms with E-state index in [2.05, 4.69) is 11.3 Å². The molecule has 0 atom stereocenters. The average molecular weight is 220 g/mol. The van der Waals surface area contributed by atoms with Gasteiger partial charge in [0, 0.05) is 5.56 Å². The zero-order valence-electron chi connectivity index (χ0n) is 7.86. The zero-order chi connectivity index (χ0) is 11.6. The van der Waals surface area contributed by atoms with Crippen molar-refractivity contribution in [2.45, 2.75) is 6.18 Å². The summed E-state index contributed by atoms with van der Waals surface area (Å²) in [7, 11) is 1.30. The third kappa shape index (κ3) is 2.49. The van der Waals surface area contributed by atoms with E-state index in [9.17, 15) is 17.6 Å². The minimum atomic E-state index is -4.68. The number of rotatable bonds is 2. The summed E-state index contributed by atoms with van der Waals surface area (Å²) >= 11 is 0. The molecule has 5 heteroatoms. The average Bonchev–Trinajstić information content (AvgIpc) is 2.14. The summed E-state index contributed by atoms with van der Waals surface area (Å²) in [6.45, 7) is 3.41. The van der Waals surface area contributed by atoms with Crippen LogP contribution in [0.15, 0.2) is 24.8 Å². The normalized spacial score (nSPS) is 11.3. The monoisotopic (exact) mass is 220 g/mol. The van der Waals surface area contributed by atoms with Crippen molar-refractivity contribution in [1.82, 2.24) is 0 Å². The molecule has 0 aliphatic rings. The molecule has 0 heterocycles. The van der Waals surface area contributed by atoms with Crippen LogP contribution in [0, 0.1) is 5.82 Å². The molecule has 0 aromatic heterocycles. The maximum absolute atomic E-state index is 13.0. The van der Waals surface area contributed by atoms with Crippen LogP contribution in [0.3, 0.4) is 0 Å². The molecule has 0 saturated heterocycles. The van der Waals surface area contributed by atoms with Crippen LogP contribution in [0.5, 0.6) is 0 Å². The Morgan fingerprint density at radius 3 is 2.33 bits per heavy atom. The molecule has 0 fully saturated rings. The third-order valence-corrected chi connectivity index (χ3v) is 1.84. The molecule has 82 valence electrons. The second kappa shape index (κ2) is 3.92. The predicted molar refractivity (Wildman–Crippen MR) is 47.4 cm³/mol. The molecule has 1 nitrogen and oxygen atoms in total. The highest BCUT2D eigenvalue weighted by Gasteiger charge is 2.33. The lowest BCUT2D eigenvalue weighted by Gasteiger charge is -2.10. The highest BCUT2D eigenvalue weighted by molar-refractivity contribution is 5.57. The van der Waals surface area contributed by atoms with Gasteiger partial charge in [-0.2, -0.15) is 13.2 Å². The van der Waals surface area contributed by atoms with Gasteiger partial charge in [-0.1, -0.05) is 12.6 Å². The van der Waals surface area contributed by atoms with Crippen LogP contribution in [0.4, 0.5) is 17.6 Å². The van der Waals surface area contributed by atoms with E-state index in [-0.39, 0.29) is 11.3 Å². The largest absolute Gasteiger partial charge is 0.497 e. The van der Waals surface area contributed by atoms with Crippen LogP contribution in [0.25, 0.3) is 5.76 Å². The fourth-order valence-corrected chi connectivity index (χ4v) is 1.04. The van der Waals surface area contributed by atoms with E-state index >= 15 is 0 Å². The van der Waals surface area contributed by atoms with Crippen molar-refractivity contribution in [3.8, 4) is 0 Å². The van der Waals surface area contributed by atoms with Crippen molar-refractivity contribution in [3.05, 3.63) is 41.7 Å². The summed E-state index contributed by atoms with van der Waals surface area (Å²) < 4.78 is 54.2.